The van der Waals surface area contributed by atoms with Crippen LogP contribution in [0.2, 0.25) is 0 Å². The Bertz CT molecular complexity index is 1200. The van der Waals surface area contributed by atoms with E-state index in [0.717, 1.165) is 5.56 Å². The average molecular weight is 576 g/mol. The number of carbonyl (C=O) groups excluding carboxylic acids is 1. The van der Waals surface area contributed by atoms with Crippen molar-refractivity contribution in [1.82, 2.24) is 5.32 Å². The number of non-ortho nitro benzene ring substituents is 1. The van der Waals surface area contributed by atoms with E-state index in [1.165, 1.54) is 18.2 Å². The van der Waals surface area contributed by atoms with Crippen LogP contribution in [-0.2, 0) is 11.4 Å². The highest BCUT2D eigenvalue weighted by atomic mass is 79.9. The van der Waals surface area contributed by atoms with Crippen LogP contribution < -0.4 is 10.1 Å². The van der Waals surface area contributed by atoms with E-state index in [1.807, 2.05) is 0 Å². The van der Waals surface area contributed by atoms with Gasteiger partial charge in [0, 0.05) is 17.7 Å². The molecule has 0 aromatic heterocycles. The molecule has 0 heterocycles. The summed E-state index contributed by atoms with van der Waals surface area (Å²) in [6, 6.07) is 17.6. The van der Waals surface area contributed by atoms with E-state index in [0.29, 0.717) is 25.8 Å². The van der Waals surface area contributed by atoms with Gasteiger partial charge in [0.25, 0.3) is 11.6 Å². The number of aliphatic carboxylic acids is 1. The number of carboxylic acids is 1. The minimum Gasteiger partial charge on any atom is -0.487 e. The molecule has 0 atom stereocenters. The molecule has 0 aliphatic heterocycles. The molecule has 0 aliphatic rings. The molecule has 2 N–H and O–H groups in total. The van der Waals surface area contributed by atoms with Crippen LogP contribution in [0.1, 0.15) is 21.5 Å². The van der Waals surface area contributed by atoms with Gasteiger partial charge in [0.2, 0.25) is 0 Å². The zero-order valence-corrected chi connectivity index (χ0v) is 20.0. The SMILES string of the molecule is O=C(O)C(=Cc1cc(Br)c(OCc2ccc([N+](=O)[O-])cc2)c(Br)c1)NC(=O)c1ccccc1. The highest BCUT2D eigenvalue weighted by Gasteiger charge is 2.15. The molecule has 1 amide bonds. The van der Waals surface area contributed by atoms with E-state index in [1.54, 1.807) is 54.6 Å². The van der Waals surface area contributed by atoms with Crippen LogP contribution in [0.5, 0.6) is 5.75 Å². The van der Waals surface area contributed by atoms with Crippen LogP contribution in [0.3, 0.4) is 0 Å². The van der Waals surface area contributed by atoms with Gasteiger partial charge in [0.15, 0.2) is 0 Å². The minimum absolute atomic E-state index is 0.00848. The lowest BCUT2D eigenvalue weighted by atomic mass is 10.1. The van der Waals surface area contributed by atoms with Crippen molar-refractivity contribution in [3.05, 3.63) is 108 Å². The van der Waals surface area contributed by atoms with Crippen molar-refractivity contribution in [2.24, 2.45) is 0 Å². The molecule has 0 fully saturated rings. The molecule has 168 valence electrons. The fourth-order valence-corrected chi connectivity index (χ4v) is 4.22. The maximum atomic E-state index is 12.3. The first-order valence-corrected chi connectivity index (χ1v) is 11.0. The second kappa shape index (κ2) is 10.9. The number of hydrogen-bond donors (Lipinski definition) is 2. The van der Waals surface area contributed by atoms with Gasteiger partial charge in [-0.1, -0.05) is 18.2 Å². The standard InChI is InChI=1S/C23H16Br2N2O6/c24-18-10-15(12-20(23(29)30)26-22(28)16-4-2-1-3-5-16)11-19(25)21(18)33-13-14-6-8-17(9-7-14)27(31)32/h1-12H,13H2,(H,26,28)(H,29,30). The molecule has 0 saturated carbocycles. The van der Waals surface area contributed by atoms with Crippen molar-refractivity contribution < 1.29 is 24.4 Å². The van der Waals surface area contributed by atoms with Crippen molar-refractivity contribution in [1.29, 1.82) is 0 Å². The van der Waals surface area contributed by atoms with Crippen molar-refractivity contribution in [2.45, 2.75) is 6.61 Å². The molecule has 33 heavy (non-hydrogen) atoms. The molecule has 0 bridgehead atoms. The summed E-state index contributed by atoms with van der Waals surface area (Å²) in [6.07, 6.45) is 1.33. The maximum absolute atomic E-state index is 12.3. The zero-order valence-electron chi connectivity index (χ0n) is 16.8. The van der Waals surface area contributed by atoms with Gasteiger partial charge in [-0.25, -0.2) is 4.79 Å². The Kier molecular flexibility index (Phi) is 7.96. The summed E-state index contributed by atoms with van der Waals surface area (Å²) in [7, 11) is 0. The number of nitro benzene ring substituents is 1. The topological polar surface area (TPSA) is 119 Å². The van der Waals surface area contributed by atoms with E-state index in [9.17, 15) is 24.8 Å². The number of ether oxygens (including phenoxy) is 1. The van der Waals surface area contributed by atoms with Gasteiger partial charge < -0.3 is 15.2 Å². The van der Waals surface area contributed by atoms with Crippen LogP contribution in [0.25, 0.3) is 6.08 Å². The third-order valence-corrected chi connectivity index (χ3v) is 5.55. The number of benzene rings is 3. The van der Waals surface area contributed by atoms with Crippen molar-refractivity contribution in [3.8, 4) is 5.75 Å². The van der Waals surface area contributed by atoms with Crippen molar-refractivity contribution in [2.75, 3.05) is 0 Å². The van der Waals surface area contributed by atoms with Crippen LogP contribution in [0.15, 0.2) is 81.4 Å². The molecular weight excluding hydrogens is 560 g/mol. The Morgan fingerprint density at radius 1 is 1.03 bits per heavy atom. The summed E-state index contributed by atoms with van der Waals surface area (Å²) in [4.78, 5) is 34.3. The summed E-state index contributed by atoms with van der Waals surface area (Å²) >= 11 is 6.82. The van der Waals surface area contributed by atoms with Gasteiger partial charge in [-0.3, -0.25) is 14.9 Å². The number of nitrogens with one attached hydrogen (secondary N) is 1. The van der Waals surface area contributed by atoms with Gasteiger partial charge >= 0.3 is 5.97 Å². The van der Waals surface area contributed by atoms with Crippen LogP contribution >= 0.6 is 31.9 Å². The zero-order chi connectivity index (χ0) is 24.0. The second-order valence-corrected chi connectivity index (χ2v) is 8.42. The predicted molar refractivity (Wildman–Crippen MR) is 129 cm³/mol. The van der Waals surface area contributed by atoms with Crippen molar-refractivity contribution >= 4 is 55.5 Å². The van der Waals surface area contributed by atoms with Gasteiger partial charge in [-0.05, 0) is 85.5 Å². The molecule has 8 nitrogen and oxygen atoms in total. The number of rotatable bonds is 8. The molecule has 3 rings (SSSR count). The molecule has 3 aromatic carbocycles. The van der Waals surface area contributed by atoms with Crippen LogP contribution in [-0.4, -0.2) is 21.9 Å². The number of hydrogen-bond acceptors (Lipinski definition) is 5. The van der Waals surface area contributed by atoms with Gasteiger partial charge in [-0.15, -0.1) is 0 Å². The molecule has 10 heteroatoms. The van der Waals surface area contributed by atoms with E-state index < -0.39 is 16.8 Å². The highest BCUT2D eigenvalue weighted by Crippen LogP contribution is 2.36. The number of carboxylic acid groups (broad SMARTS) is 1. The Hall–Kier alpha value is -3.50. The second-order valence-electron chi connectivity index (χ2n) is 6.71. The Labute approximate surface area is 205 Å². The molecule has 0 radical (unpaired) electrons. The van der Waals surface area contributed by atoms with Gasteiger partial charge in [-0.2, -0.15) is 0 Å². The fraction of sp³-hybridized carbons (Fsp3) is 0.0435. The summed E-state index contributed by atoms with van der Waals surface area (Å²) in [5, 5.41) is 22.7. The van der Waals surface area contributed by atoms with Crippen molar-refractivity contribution in [3.63, 3.8) is 0 Å². The number of carbonyl (C=O) groups is 2. The quantitative estimate of drug-likeness (QED) is 0.206. The molecule has 0 spiro atoms. The Morgan fingerprint density at radius 3 is 2.18 bits per heavy atom. The molecule has 3 aromatic rings. The smallest absolute Gasteiger partial charge is 0.352 e. The third-order valence-electron chi connectivity index (χ3n) is 4.38. The number of halogens is 2. The van der Waals surface area contributed by atoms with E-state index in [-0.39, 0.29) is 18.0 Å². The maximum Gasteiger partial charge on any atom is 0.352 e. The number of nitro groups is 1. The largest absolute Gasteiger partial charge is 0.487 e. The molecular formula is C23H16Br2N2O6. The van der Waals surface area contributed by atoms with E-state index in [4.69, 9.17) is 4.74 Å². The van der Waals surface area contributed by atoms with Crippen LogP contribution in [0, 0.1) is 10.1 Å². The Morgan fingerprint density at radius 2 is 1.64 bits per heavy atom. The Balaban J connectivity index is 1.77. The fourth-order valence-electron chi connectivity index (χ4n) is 2.77. The first kappa shape index (κ1) is 24.1. The normalized spacial score (nSPS) is 11.0. The average Bonchev–Trinajstić information content (AvgIpc) is 2.78. The lowest BCUT2D eigenvalue weighted by Crippen LogP contribution is -2.27. The molecule has 0 unspecified atom stereocenters. The summed E-state index contributed by atoms with van der Waals surface area (Å²) < 4.78 is 6.90. The summed E-state index contributed by atoms with van der Waals surface area (Å²) in [6.45, 7) is 0.165. The van der Waals surface area contributed by atoms with Crippen LogP contribution in [0.4, 0.5) is 5.69 Å². The van der Waals surface area contributed by atoms with Gasteiger partial charge in [0.1, 0.15) is 18.1 Å². The monoisotopic (exact) mass is 574 g/mol. The number of amides is 1. The lowest BCUT2D eigenvalue weighted by Gasteiger charge is -2.12. The molecule has 0 saturated heterocycles. The summed E-state index contributed by atoms with van der Waals surface area (Å²) in [5.41, 5.74) is 1.28. The molecule has 0 aliphatic carbocycles. The van der Waals surface area contributed by atoms with E-state index in [2.05, 4.69) is 37.2 Å². The first-order valence-electron chi connectivity index (χ1n) is 9.41. The predicted octanol–water partition coefficient (Wildman–Crippen LogP) is 5.55. The first-order chi connectivity index (χ1) is 15.7. The van der Waals surface area contributed by atoms with Gasteiger partial charge in [0.05, 0.1) is 13.9 Å². The third kappa shape index (κ3) is 6.50. The highest BCUT2D eigenvalue weighted by molar-refractivity contribution is 9.11. The number of nitrogens with zero attached hydrogens (tertiary/aromatic N) is 1. The minimum atomic E-state index is -1.29. The summed E-state index contributed by atoms with van der Waals surface area (Å²) in [5.74, 6) is -1.36. The lowest BCUT2D eigenvalue weighted by molar-refractivity contribution is -0.384. The van der Waals surface area contributed by atoms with E-state index >= 15 is 0 Å².